The summed E-state index contributed by atoms with van der Waals surface area (Å²) in [6.07, 6.45) is 7.60. The first-order valence-electron chi connectivity index (χ1n) is 15.8. The van der Waals surface area contributed by atoms with E-state index in [1.807, 2.05) is 55.5 Å². The molecule has 3 aliphatic rings. The lowest BCUT2D eigenvalue weighted by molar-refractivity contribution is -0.156. The number of hydrogen-bond donors (Lipinski definition) is 1. The van der Waals surface area contributed by atoms with Crippen molar-refractivity contribution in [1.82, 2.24) is 4.90 Å². The average molecular weight is 633 g/mol. The van der Waals surface area contributed by atoms with Crippen molar-refractivity contribution in [3.63, 3.8) is 0 Å². The zero-order valence-electron chi connectivity index (χ0n) is 26.2. The van der Waals surface area contributed by atoms with Crippen molar-refractivity contribution in [2.45, 2.75) is 67.0 Å². The van der Waals surface area contributed by atoms with Gasteiger partial charge in [-0.15, -0.1) is 24.9 Å². The van der Waals surface area contributed by atoms with Gasteiger partial charge in [0.15, 0.2) is 0 Å². The zero-order chi connectivity index (χ0) is 32.2. The van der Waals surface area contributed by atoms with E-state index in [1.165, 1.54) is 0 Å². The van der Waals surface area contributed by atoms with Crippen LogP contribution in [0.2, 0.25) is 0 Å². The molecule has 3 fully saturated rings. The highest BCUT2D eigenvalue weighted by Gasteiger charge is 2.78. The van der Waals surface area contributed by atoms with Crippen molar-refractivity contribution < 1.29 is 29.0 Å². The average Bonchev–Trinajstić information content (AvgIpc) is 3.63. The van der Waals surface area contributed by atoms with Gasteiger partial charge in [0.05, 0.1) is 42.9 Å². The summed E-state index contributed by atoms with van der Waals surface area (Å²) in [5.41, 5.74) is 1.60. The highest BCUT2D eigenvalue weighted by atomic mass is 32.2. The summed E-state index contributed by atoms with van der Waals surface area (Å²) in [7, 11) is 1.59. The number of thioether (sulfide) groups is 1. The summed E-state index contributed by atoms with van der Waals surface area (Å²) in [6.45, 7) is 9.87. The molecular formula is C36H44N2O6S. The van der Waals surface area contributed by atoms with E-state index in [0.29, 0.717) is 37.1 Å². The van der Waals surface area contributed by atoms with Crippen molar-refractivity contribution in [2.24, 2.45) is 11.8 Å². The molecule has 0 aliphatic carbocycles. The molecular weight excluding hydrogens is 588 g/mol. The number of unbranched alkanes of at least 4 members (excludes halogenated alkanes) is 2. The number of methoxy groups -OCH3 is 1. The Morgan fingerprint density at radius 3 is 2.49 bits per heavy atom. The van der Waals surface area contributed by atoms with Crippen LogP contribution in [0, 0.1) is 11.8 Å². The normalized spacial score (nSPS) is 27.1. The number of carbonyl (C=O) groups is 3. The van der Waals surface area contributed by atoms with E-state index in [2.05, 4.69) is 13.2 Å². The first-order valence-corrected chi connectivity index (χ1v) is 16.6. The number of fused-ring (bicyclic) bond motifs is 1. The fourth-order valence-corrected chi connectivity index (χ4v) is 9.87. The van der Waals surface area contributed by atoms with Crippen LogP contribution < -0.4 is 9.64 Å². The minimum atomic E-state index is -0.893. The lowest BCUT2D eigenvalue weighted by Crippen LogP contribution is -2.58. The Hall–Kier alpha value is -3.56. The van der Waals surface area contributed by atoms with Gasteiger partial charge in [-0.05, 0) is 75.3 Å². The van der Waals surface area contributed by atoms with Gasteiger partial charge in [0.2, 0.25) is 5.91 Å². The van der Waals surface area contributed by atoms with Gasteiger partial charge in [-0.25, -0.2) is 0 Å². The number of rotatable bonds is 15. The van der Waals surface area contributed by atoms with E-state index >= 15 is 0 Å². The Bertz CT molecular complexity index is 1400. The number of nitrogens with zero attached hydrogens (tertiary/aromatic N) is 2. The minimum Gasteiger partial charge on any atom is -0.497 e. The predicted molar refractivity (Wildman–Crippen MR) is 177 cm³/mol. The lowest BCUT2D eigenvalue weighted by Gasteiger charge is -2.39. The number of anilines is 1. The van der Waals surface area contributed by atoms with Gasteiger partial charge in [0.25, 0.3) is 5.91 Å². The molecule has 1 N–H and O–H groups in total. The molecule has 2 aromatic rings. The van der Waals surface area contributed by atoms with Crippen LogP contribution in [-0.2, 0) is 25.5 Å². The zero-order valence-corrected chi connectivity index (χ0v) is 27.0. The van der Waals surface area contributed by atoms with Gasteiger partial charge < -0.3 is 24.4 Å². The number of benzene rings is 2. The Kier molecular flexibility index (Phi) is 10.1. The monoisotopic (exact) mass is 632 g/mol. The Morgan fingerprint density at radius 1 is 1.11 bits per heavy atom. The fourth-order valence-electron chi connectivity index (χ4n) is 7.55. The first kappa shape index (κ1) is 32.8. The molecule has 3 saturated heterocycles. The summed E-state index contributed by atoms with van der Waals surface area (Å²) in [5, 5.41) is 10.8. The molecule has 2 unspecified atom stereocenters. The quantitative estimate of drug-likeness (QED) is 0.164. The second-order valence-corrected chi connectivity index (χ2v) is 14.3. The molecule has 3 heterocycles. The molecule has 0 radical (unpaired) electrons. The van der Waals surface area contributed by atoms with Crippen LogP contribution in [0.25, 0.3) is 0 Å². The molecule has 240 valence electrons. The van der Waals surface area contributed by atoms with Crippen LogP contribution >= 0.6 is 11.8 Å². The largest absolute Gasteiger partial charge is 0.497 e. The summed E-state index contributed by atoms with van der Waals surface area (Å²) in [4.78, 5) is 46.7. The molecule has 8 nitrogen and oxygen atoms in total. The fraction of sp³-hybridized carbons (Fsp3) is 0.472. The van der Waals surface area contributed by atoms with Crippen molar-refractivity contribution in [1.29, 1.82) is 0 Å². The van der Waals surface area contributed by atoms with Gasteiger partial charge in [0, 0.05) is 17.0 Å². The number of aliphatic hydroxyl groups excluding tert-OH is 1. The second kappa shape index (κ2) is 13.8. The van der Waals surface area contributed by atoms with Crippen LogP contribution in [0.1, 0.15) is 44.6 Å². The molecule has 3 aliphatic heterocycles. The molecule has 2 aromatic carbocycles. The number of carbonyl (C=O) groups excluding carboxylic acids is 3. The van der Waals surface area contributed by atoms with Crippen molar-refractivity contribution >= 4 is 35.2 Å². The maximum absolute atomic E-state index is 14.9. The van der Waals surface area contributed by atoms with E-state index in [-0.39, 0.29) is 37.5 Å². The molecule has 1 spiro atoms. The molecule has 5 rings (SSSR count). The molecule has 45 heavy (non-hydrogen) atoms. The van der Waals surface area contributed by atoms with Crippen LogP contribution in [0.4, 0.5) is 5.69 Å². The molecule has 9 heteroatoms. The van der Waals surface area contributed by atoms with E-state index in [1.54, 1.807) is 46.9 Å². The number of likely N-dealkylation sites (tertiary alicyclic amines) is 1. The maximum Gasteiger partial charge on any atom is 0.311 e. The smallest absolute Gasteiger partial charge is 0.311 e. The van der Waals surface area contributed by atoms with Crippen LogP contribution in [-0.4, -0.2) is 76.2 Å². The van der Waals surface area contributed by atoms with Crippen molar-refractivity contribution in [2.75, 3.05) is 31.8 Å². The number of hydrogen-bond acceptors (Lipinski definition) is 7. The van der Waals surface area contributed by atoms with Gasteiger partial charge in [-0.1, -0.05) is 42.5 Å². The predicted octanol–water partition coefficient (Wildman–Crippen LogP) is 5.20. The van der Waals surface area contributed by atoms with E-state index in [4.69, 9.17) is 9.47 Å². The molecule has 6 atom stereocenters. The summed E-state index contributed by atoms with van der Waals surface area (Å²) < 4.78 is 9.76. The van der Waals surface area contributed by atoms with Crippen molar-refractivity contribution in [3.8, 4) is 5.75 Å². The highest BCUT2D eigenvalue weighted by molar-refractivity contribution is 8.02. The maximum atomic E-state index is 14.9. The van der Waals surface area contributed by atoms with E-state index in [0.717, 1.165) is 18.4 Å². The third-order valence-electron chi connectivity index (χ3n) is 9.63. The van der Waals surface area contributed by atoms with E-state index < -0.39 is 33.4 Å². The molecule has 2 bridgehead atoms. The molecule has 0 saturated carbocycles. The number of allylic oxidation sites excluding steroid dienone is 1. The number of aliphatic hydroxyl groups is 1. The van der Waals surface area contributed by atoms with Gasteiger partial charge in [-0.3, -0.25) is 14.4 Å². The summed E-state index contributed by atoms with van der Waals surface area (Å²) in [6, 6.07) is 15.3. The van der Waals surface area contributed by atoms with Crippen LogP contribution in [0.3, 0.4) is 0 Å². The Balaban J connectivity index is 1.55. The second-order valence-electron chi connectivity index (χ2n) is 12.4. The first-order chi connectivity index (χ1) is 21.7. The minimum absolute atomic E-state index is 0.227. The Morgan fingerprint density at radius 2 is 1.84 bits per heavy atom. The lowest BCUT2D eigenvalue weighted by atomic mass is 9.66. The third kappa shape index (κ3) is 6.04. The van der Waals surface area contributed by atoms with Gasteiger partial charge in [-0.2, -0.15) is 0 Å². The summed E-state index contributed by atoms with van der Waals surface area (Å²) >= 11 is 1.60. The van der Waals surface area contributed by atoms with Crippen LogP contribution in [0.15, 0.2) is 79.9 Å². The third-order valence-corrected chi connectivity index (χ3v) is 11.6. The standard InChI is InChI=1S/C36H44N2O6S/c1-5-7-8-12-22-44-34(42)30-29-32(40)38(27(24-39)23-25-13-10-9-11-14-25)31(36(29)20-19-35(30,3)45-36)33(41)37(21-6-2)26-15-17-28(43-4)18-16-26/h5-6,9-11,13-18,27,29-31,39H,1-2,7-8,12,19-24H2,3-4H3/t27-,29+,30+,31?,35-,36?/m1/s1. The van der Waals surface area contributed by atoms with Crippen LogP contribution in [0.5, 0.6) is 5.75 Å². The molecule has 2 amide bonds. The Labute approximate surface area is 270 Å². The van der Waals surface area contributed by atoms with Gasteiger partial charge >= 0.3 is 5.97 Å². The SMILES string of the molecule is C=CCCCCOC(=O)[C@@H]1[C@H]2C(=O)N([C@@H](CO)Cc3ccccc3)C(C(=O)N(CC=C)c3ccc(OC)cc3)C23CC[C@@]1(C)S3. The van der Waals surface area contributed by atoms with Crippen molar-refractivity contribution in [3.05, 3.63) is 85.5 Å². The number of amides is 2. The number of ether oxygens (including phenoxy) is 2. The van der Waals surface area contributed by atoms with Gasteiger partial charge in [0.1, 0.15) is 11.8 Å². The topological polar surface area (TPSA) is 96.4 Å². The van der Waals surface area contributed by atoms with E-state index in [9.17, 15) is 19.5 Å². The number of esters is 1. The molecule has 0 aromatic heterocycles. The summed E-state index contributed by atoms with van der Waals surface area (Å²) in [5.74, 6) is -1.65. The highest BCUT2D eigenvalue weighted by Crippen LogP contribution is 2.72.